The van der Waals surface area contributed by atoms with Crippen LogP contribution < -0.4 is 10.6 Å². The minimum atomic E-state index is -0.985. The number of carboxylic acid groups (broad SMARTS) is 1. The Bertz CT molecular complexity index is 1160. The van der Waals surface area contributed by atoms with Gasteiger partial charge in [-0.05, 0) is 53.1 Å². The molecule has 1 spiro atoms. The number of hydrogen-bond acceptors (Lipinski definition) is 5. The third kappa shape index (κ3) is 4.81. The normalized spacial score (nSPS) is 17.8. The first kappa shape index (κ1) is 24.9. The summed E-state index contributed by atoms with van der Waals surface area (Å²) in [5.74, 6) is -1.32. The van der Waals surface area contributed by atoms with Crippen molar-refractivity contribution in [2.24, 2.45) is 5.41 Å². The van der Waals surface area contributed by atoms with Gasteiger partial charge >= 0.3 is 5.97 Å². The first-order chi connectivity index (χ1) is 16.2. The zero-order valence-electron chi connectivity index (χ0n) is 18.0. The van der Waals surface area contributed by atoms with Gasteiger partial charge in [-0.1, -0.05) is 54.6 Å². The Labute approximate surface area is 220 Å². The summed E-state index contributed by atoms with van der Waals surface area (Å²) in [7, 11) is 0. The number of ketones is 1. The summed E-state index contributed by atoms with van der Waals surface area (Å²) < 4.78 is 0.609. The monoisotopic (exact) mass is 613 g/mol. The van der Waals surface area contributed by atoms with Gasteiger partial charge in [-0.3, -0.25) is 14.6 Å². The SMILES string of the molecule is O=C(Nc1ccc(CC(NC2=C(I)C(=O)C23CCCCC3)C(=O)O)cc1)c1c(Cl)cncc1Cl. The van der Waals surface area contributed by atoms with Crippen molar-refractivity contribution >= 4 is 69.1 Å². The number of carboxylic acids is 1. The molecule has 1 atom stereocenters. The van der Waals surface area contributed by atoms with Crippen molar-refractivity contribution in [3.63, 3.8) is 0 Å². The topological polar surface area (TPSA) is 108 Å². The Balaban J connectivity index is 1.45. The van der Waals surface area contributed by atoms with Gasteiger partial charge in [0.2, 0.25) is 0 Å². The minimum Gasteiger partial charge on any atom is -0.480 e. The van der Waals surface area contributed by atoms with Crippen LogP contribution in [0.1, 0.15) is 48.0 Å². The second-order valence-electron chi connectivity index (χ2n) is 8.53. The number of benzene rings is 1. The van der Waals surface area contributed by atoms with Gasteiger partial charge in [-0.2, -0.15) is 0 Å². The standard InChI is InChI=1S/C24H22Cl2IN3O4/c25-15-11-28-12-16(26)18(15)22(32)29-14-6-4-13(5-7-14)10-17(23(33)34)30-20-19(27)21(31)24(20)8-2-1-3-9-24/h4-7,11-12,17,30H,1-3,8-10H2,(H,29,32)(H,33,34). The van der Waals surface area contributed by atoms with E-state index < -0.39 is 23.3 Å². The largest absolute Gasteiger partial charge is 0.480 e. The summed E-state index contributed by atoms with van der Waals surface area (Å²) in [4.78, 5) is 41.0. The second-order valence-corrected chi connectivity index (χ2v) is 10.4. The van der Waals surface area contributed by atoms with Crippen molar-refractivity contribution in [2.45, 2.75) is 44.6 Å². The number of nitrogens with zero attached hydrogens (tertiary/aromatic N) is 1. The number of carbonyl (C=O) groups excluding carboxylic acids is 2. The van der Waals surface area contributed by atoms with Crippen LogP contribution in [0.2, 0.25) is 10.0 Å². The quantitative estimate of drug-likeness (QED) is 0.361. The van der Waals surface area contributed by atoms with Crippen LogP contribution in [-0.4, -0.2) is 33.8 Å². The summed E-state index contributed by atoms with van der Waals surface area (Å²) >= 11 is 14.1. The average molecular weight is 614 g/mol. The highest BCUT2D eigenvalue weighted by Gasteiger charge is 2.53. The molecule has 34 heavy (non-hydrogen) atoms. The molecule has 7 nitrogen and oxygen atoms in total. The van der Waals surface area contributed by atoms with Crippen LogP contribution in [0.5, 0.6) is 0 Å². The Morgan fingerprint density at radius 3 is 2.29 bits per heavy atom. The van der Waals surface area contributed by atoms with E-state index in [1.54, 1.807) is 24.3 Å². The Morgan fingerprint density at radius 2 is 1.71 bits per heavy atom. The molecule has 2 aliphatic carbocycles. The molecule has 0 radical (unpaired) electrons. The summed E-state index contributed by atoms with van der Waals surface area (Å²) in [6, 6.07) is 6.01. The highest BCUT2D eigenvalue weighted by molar-refractivity contribution is 14.1. The molecule has 0 aliphatic heterocycles. The molecule has 2 aromatic rings. The minimum absolute atomic E-state index is 0.132. The number of hydrogen-bond donors (Lipinski definition) is 3. The summed E-state index contributed by atoms with van der Waals surface area (Å²) in [5, 5.41) is 16.0. The number of amides is 1. The first-order valence-corrected chi connectivity index (χ1v) is 12.7. The third-order valence-electron chi connectivity index (χ3n) is 6.39. The Hall–Kier alpha value is -2.17. The van der Waals surface area contributed by atoms with Gasteiger partial charge in [-0.15, -0.1) is 0 Å². The molecule has 0 bridgehead atoms. The summed E-state index contributed by atoms with van der Waals surface area (Å²) in [5.41, 5.74) is 1.66. The molecular formula is C24H22Cl2IN3O4. The lowest BCUT2D eigenvalue weighted by Crippen LogP contribution is -2.53. The molecule has 1 fully saturated rings. The van der Waals surface area contributed by atoms with Crippen LogP contribution >= 0.6 is 45.8 Å². The molecule has 1 unspecified atom stereocenters. The number of halogens is 3. The average Bonchev–Trinajstić information content (AvgIpc) is 2.82. The zero-order chi connectivity index (χ0) is 24.5. The van der Waals surface area contributed by atoms with Crippen LogP contribution in [0.4, 0.5) is 5.69 Å². The van der Waals surface area contributed by atoms with Crippen LogP contribution in [0, 0.1) is 5.41 Å². The van der Waals surface area contributed by atoms with Crippen molar-refractivity contribution in [1.29, 1.82) is 0 Å². The number of allylic oxidation sites excluding steroid dienone is 2. The number of carbonyl (C=O) groups is 3. The molecule has 1 amide bonds. The maximum Gasteiger partial charge on any atom is 0.326 e. The van der Waals surface area contributed by atoms with E-state index in [1.807, 2.05) is 22.6 Å². The van der Waals surface area contributed by atoms with E-state index in [0.29, 0.717) is 9.27 Å². The van der Waals surface area contributed by atoms with Gasteiger partial charge in [0.1, 0.15) is 6.04 Å². The second kappa shape index (κ2) is 10.2. The lowest BCUT2D eigenvalue weighted by molar-refractivity contribution is -0.140. The van der Waals surface area contributed by atoms with Crippen LogP contribution in [0.15, 0.2) is 45.9 Å². The first-order valence-electron chi connectivity index (χ1n) is 10.9. The van der Waals surface area contributed by atoms with Gasteiger partial charge in [0, 0.05) is 30.2 Å². The predicted octanol–water partition coefficient (Wildman–Crippen LogP) is 5.41. The van der Waals surface area contributed by atoms with Crippen molar-refractivity contribution < 1.29 is 19.5 Å². The number of Topliss-reactive ketones (excluding diaryl/α,β-unsaturated/α-hetero) is 1. The van der Waals surface area contributed by atoms with Gasteiger partial charge < -0.3 is 15.7 Å². The molecule has 1 saturated carbocycles. The van der Waals surface area contributed by atoms with Crippen LogP contribution in [0.25, 0.3) is 0 Å². The molecule has 2 aliphatic rings. The molecule has 3 N–H and O–H groups in total. The van der Waals surface area contributed by atoms with Gasteiger partial charge in [0.05, 0.1) is 24.6 Å². The molecule has 4 rings (SSSR count). The van der Waals surface area contributed by atoms with E-state index in [9.17, 15) is 19.5 Å². The van der Waals surface area contributed by atoms with Crippen molar-refractivity contribution in [1.82, 2.24) is 10.3 Å². The fraction of sp³-hybridized carbons (Fsp3) is 0.333. The highest BCUT2D eigenvalue weighted by Crippen LogP contribution is 2.53. The van der Waals surface area contributed by atoms with Gasteiger partial charge in [0.25, 0.3) is 5.91 Å². The van der Waals surface area contributed by atoms with Crippen molar-refractivity contribution in [2.75, 3.05) is 5.32 Å². The smallest absolute Gasteiger partial charge is 0.326 e. The van der Waals surface area contributed by atoms with Gasteiger partial charge in [0.15, 0.2) is 5.78 Å². The third-order valence-corrected chi connectivity index (χ3v) is 7.99. The fourth-order valence-electron chi connectivity index (χ4n) is 4.57. The number of nitrogens with one attached hydrogen (secondary N) is 2. The number of aliphatic carboxylic acids is 1. The van der Waals surface area contributed by atoms with E-state index in [2.05, 4.69) is 15.6 Å². The van der Waals surface area contributed by atoms with E-state index >= 15 is 0 Å². The number of pyridine rings is 1. The maximum absolute atomic E-state index is 12.6. The molecule has 0 saturated heterocycles. The Morgan fingerprint density at radius 1 is 1.09 bits per heavy atom. The number of anilines is 1. The highest BCUT2D eigenvalue weighted by atomic mass is 127. The molecular weight excluding hydrogens is 592 g/mol. The molecule has 1 aromatic carbocycles. The van der Waals surface area contributed by atoms with Crippen molar-refractivity contribution in [3.8, 4) is 0 Å². The summed E-state index contributed by atoms with van der Waals surface area (Å²) in [6.45, 7) is 0. The van der Waals surface area contributed by atoms with E-state index in [4.69, 9.17) is 23.2 Å². The predicted molar refractivity (Wildman–Crippen MR) is 138 cm³/mol. The lowest BCUT2D eigenvalue weighted by atomic mass is 9.62. The Kier molecular flexibility index (Phi) is 7.49. The molecule has 10 heteroatoms. The van der Waals surface area contributed by atoms with Crippen LogP contribution in [0.3, 0.4) is 0 Å². The maximum atomic E-state index is 12.6. The number of aromatic nitrogens is 1. The van der Waals surface area contributed by atoms with Gasteiger partial charge in [-0.25, -0.2) is 4.79 Å². The van der Waals surface area contributed by atoms with E-state index in [-0.39, 0.29) is 27.8 Å². The van der Waals surface area contributed by atoms with Crippen molar-refractivity contribution in [3.05, 3.63) is 67.1 Å². The van der Waals surface area contributed by atoms with Crippen LogP contribution in [-0.2, 0) is 16.0 Å². The lowest BCUT2D eigenvalue weighted by Gasteiger charge is -2.46. The van der Waals surface area contributed by atoms with E-state index in [0.717, 1.165) is 43.4 Å². The van der Waals surface area contributed by atoms with E-state index in [1.165, 1.54) is 12.4 Å². The fourth-order valence-corrected chi connectivity index (χ4v) is 6.30. The molecule has 1 heterocycles. The molecule has 178 valence electrons. The molecule has 1 aromatic heterocycles. The number of rotatable bonds is 7. The zero-order valence-corrected chi connectivity index (χ0v) is 21.7. The summed E-state index contributed by atoms with van der Waals surface area (Å²) in [6.07, 6.45) is 7.50.